The highest BCUT2D eigenvalue weighted by molar-refractivity contribution is 7.20. The summed E-state index contributed by atoms with van der Waals surface area (Å²) in [6.45, 7) is 2.30. The molecule has 2 aromatic rings. The van der Waals surface area contributed by atoms with E-state index in [1.807, 2.05) is 11.4 Å². The Kier molecular flexibility index (Phi) is 5.48. The molecule has 0 spiro atoms. The minimum Gasteiger partial charge on any atom is -0.378 e. The number of morpholine rings is 1. The van der Waals surface area contributed by atoms with Gasteiger partial charge in [0.15, 0.2) is 0 Å². The Labute approximate surface area is 135 Å². The Morgan fingerprint density at radius 1 is 1.42 bits per heavy atom. The Bertz CT molecular complexity index is 552. The number of halogens is 3. The standard InChI is InChI=1S/C11H10Cl2N2OS2.ClH/c12-9-3-6(10(13)18-9)8-5-17-11(15-8)7-4-16-2-1-14-7;/h3,5,7,14H,1-2,4H2;1H. The number of rotatable bonds is 2. The van der Waals surface area contributed by atoms with Crippen molar-refractivity contribution in [2.24, 2.45) is 0 Å². The molecule has 0 bridgehead atoms. The second kappa shape index (κ2) is 6.72. The molecule has 1 atom stereocenters. The molecule has 0 amide bonds. The van der Waals surface area contributed by atoms with Crippen molar-refractivity contribution in [3.05, 3.63) is 25.1 Å². The second-order valence-electron chi connectivity index (χ2n) is 3.89. The molecule has 0 aliphatic carbocycles. The zero-order chi connectivity index (χ0) is 12.5. The van der Waals surface area contributed by atoms with Crippen molar-refractivity contribution < 1.29 is 4.74 Å². The molecule has 1 fully saturated rings. The molecule has 1 unspecified atom stereocenters. The van der Waals surface area contributed by atoms with Gasteiger partial charge in [0.2, 0.25) is 0 Å². The SMILES string of the molecule is Cl.Clc1cc(-c2csc(C3COCCN3)n2)c(Cl)s1. The summed E-state index contributed by atoms with van der Waals surface area (Å²) in [5.74, 6) is 0. The summed E-state index contributed by atoms with van der Waals surface area (Å²) < 4.78 is 6.81. The lowest BCUT2D eigenvalue weighted by atomic mass is 10.2. The van der Waals surface area contributed by atoms with Crippen molar-refractivity contribution in [1.29, 1.82) is 0 Å². The minimum atomic E-state index is 0. The van der Waals surface area contributed by atoms with Gasteiger partial charge < -0.3 is 10.1 Å². The van der Waals surface area contributed by atoms with Crippen LogP contribution < -0.4 is 5.32 Å². The van der Waals surface area contributed by atoms with Gasteiger partial charge in [0.1, 0.15) is 9.34 Å². The lowest BCUT2D eigenvalue weighted by molar-refractivity contribution is 0.0768. The van der Waals surface area contributed by atoms with Crippen LogP contribution in [0.4, 0.5) is 0 Å². The molecule has 8 heteroatoms. The Morgan fingerprint density at radius 2 is 2.26 bits per heavy atom. The summed E-state index contributed by atoms with van der Waals surface area (Å²) in [6, 6.07) is 2.04. The van der Waals surface area contributed by atoms with E-state index in [-0.39, 0.29) is 18.4 Å². The average Bonchev–Trinajstić information content (AvgIpc) is 2.97. The minimum absolute atomic E-state index is 0. The van der Waals surface area contributed by atoms with Crippen LogP contribution in [0.2, 0.25) is 8.67 Å². The summed E-state index contributed by atoms with van der Waals surface area (Å²) in [5.41, 5.74) is 1.79. The molecule has 2 aromatic heterocycles. The third-order valence-corrected chi connectivity index (χ3v) is 5.12. The first-order valence-electron chi connectivity index (χ1n) is 5.46. The molecule has 0 saturated carbocycles. The molecule has 104 valence electrons. The number of thiazole rings is 1. The van der Waals surface area contributed by atoms with Crippen molar-refractivity contribution in [2.45, 2.75) is 6.04 Å². The van der Waals surface area contributed by atoms with Crippen LogP contribution in [0.3, 0.4) is 0 Å². The van der Waals surface area contributed by atoms with Crippen LogP contribution >= 0.6 is 58.3 Å². The van der Waals surface area contributed by atoms with Crippen molar-refractivity contribution in [3.8, 4) is 11.3 Å². The van der Waals surface area contributed by atoms with Crippen molar-refractivity contribution in [2.75, 3.05) is 19.8 Å². The summed E-state index contributed by atoms with van der Waals surface area (Å²) in [7, 11) is 0. The first kappa shape index (κ1) is 15.5. The quantitative estimate of drug-likeness (QED) is 0.872. The van der Waals surface area contributed by atoms with Gasteiger partial charge in [-0.25, -0.2) is 4.98 Å². The van der Waals surface area contributed by atoms with Gasteiger partial charge in [0.25, 0.3) is 0 Å². The molecule has 3 nitrogen and oxygen atoms in total. The van der Waals surface area contributed by atoms with E-state index in [0.29, 0.717) is 15.3 Å². The smallest absolute Gasteiger partial charge is 0.113 e. The fourth-order valence-corrected chi connectivity index (χ4v) is 4.17. The Hall–Kier alpha value is 0.120. The molecule has 0 radical (unpaired) electrons. The molecule has 3 rings (SSSR count). The van der Waals surface area contributed by atoms with Crippen molar-refractivity contribution >= 4 is 58.3 Å². The maximum absolute atomic E-state index is 6.13. The van der Waals surface area contributed by atoms with Gasteiger partial charge in [-0.15, -0.1) is 35.1 Å². The average molecular weight is 358 g/mol. The summed E-state index contributed by atoms with van der Waals surface area (Å²) in [5, 5.41) is 6.43. The summed E-state index contributed by atoms with van der Waals surface area (Å²) in [4.78, 5) is 4.62. The lowest BCUT2D eigenvalue weighted by Gasteiger charge is -2.21. The van der Waals surface area contributed by atoms with Crippen LogP contribution in [0.15, 0.2) is 11.4 Å². The highest BCUT2D eigenvalue weighted by atomic mass is 35.5. The molecular weight excluding hydrogens is 347 g/mol. The van der Waals surface area contributed by atoms with Gasteiger partial charge in [-0.3, -0.25) is 0 Å². The summed E-state index contributed by atoms with van der Waals surface area (Å²) >= 11 is 15.1. The number of nitrogens with zero attached hydrogens (tertiary/aromatic N) is 1. The van der Waals surface area contributed by atoms with E-state index in [9.17, 15) is 0 Å². The molecule has 1 aliphatic heterocycles. The highest BCUT2D eigenvalue weighted by Gasteiger charge is 2.20. The van der Waals surface area contributed by atoms with Crippen LogP contribution in [0.5, 0.6) is 0 Å². The fourth-order valence-electron chi connectivity index (χ4n) is 1.81. The molecular formula is C11H11Cl3N2OS2. The number of nitrogens with one attached hydrogen (secondary N) is 1. The van der Waals surface area contributed by atoms with Crippen molar-refractivity contribution in [3.63, 3.8) is 0 Å². The third-order valence-electron chi connectivity index (χ3n) is 2.67. The van der Waals surface area contributed by atoms with Crippen LogP contribution in [0.25, 0.3) is 11.3 Å². The van der Waals surface area contributed by atoms with E-state index in [2.05, 4.69) is 10.3 Å². The van der Waals surface area contributed by atoms with E-state index in [1.165, 1.54) is 11.3 Å². The molecule has 1 aliphatic rings. The van der Waals surface area contributed by atoms with Gasteiger partial charge in [0.05, 0.1) is 29.3 Å². The van der Waals surface area contributed by atoms with Crippen LogP contribution in [-0.4, -0.2) is 24.7 Å². The van der Waals surface area contributed by atoms with Crippen LogP contribution in [0, 0.1) is 0 Å². The van der Waals surface area contributed by atoms with Gasteiger partial charge >= 0.3 is 0 Å². The van der Waals surface area contributed by atoms with E-state index in [1.54, 1.807) is 11.3 Å². The predicted molar refractivity (Wildman–Crippen MR) is 84.3 cm³/mol. The topological polar surface area (TPSA) is 34.1 Å². The zero-order valence-electron chi connectivity index (χ0n) is 9.69. The maximum atomic E-state index is 6.13. The predicted octanol–water partition coefficient (Wildman–Crippen LogP) is 4.26. The molecule has 0 aromatic carbocycles. The van der Waals surface area contributed by atoms with Gasteiger partial charge in [-0.05, 0) is 6.07 Å². The lowest BCUT2D eigenvalue weighted by Crippen LogP contribution is -2.34. The van der Waals surface area contributed by atoms with Crippen LogP contribution in [0.1, 0.15) is 11.0 Å². The molecule has 3 heterocycles. The van der Waals surface area contributed by atoms with Crippen LogP contribution in [-0.2, 0) is 4.74 Å². The van der Waals surface area contributed by atoms with Gasteiger partial charge in [0, 0.05) is 17.5 Å². The third kappa shape index (κ3) is 3.42. The van der Waals surface area contributed by atoms with E-state index >= 15 is 0 Å². The first-order valence-corrected chi connectivity index (χ1v) is 7.91. The van der Waals surface area contributed by atoms with Crippen molar-refractivity contribution in [1.82, 2.24) is 10.3 Å². The highest BCUT2D eigenvalue weighted by Crippen LogP contribution is 2.38. The Morgan fingerprint density at radius 3 is 2.89 bits per heavy atom. The fraction of sp³-hybridized carbons (Fsp3) is 0.364. The number of ether oxygens (including phenoxy) is 1. The first-order chi connectivity index (χ1) is 8.74. The van der Waals surface area contributed by atoms with E-state index in [4.69, 9.17) is 27.9 Å². The van der Waals surface area contributed by atoms with E-state index < -0.39 is 0 Å². The molecule has 1 N–H and O–H groups in total. The van der Waals surface area contributed by atoms with E-state index in [0.717, 1.165) is 29.4 Å². The largest absolute Gasteiger partial charge is 0.378 e. The number of hydrogen-bond donors (Lipinski definition) is 1. The normalized spacial score (nSPS) is 19.2. The Balaban J connectivity index is 0.00000133. The summed E-state index contributed by atoms with van der Waals surface area (Å²) in [6.07, 6.45) is 0. The molecule has 1 saturated heterocycles. The van der Waals surface area contributed by atoms with Gasteiger partial charge in [-0.1, -0.05) is 23.2 Å². The molecule has 19 heavy (non-hydrogen) atoms. The number of hydrogen-bond acceptors (Lipinski definition) is 5. The second-order valence-corrected chi connectivity index (χ2v) is 7.07. The monoisotopic (exact) mass is 356 g/mol. The zero-order valence-corrected chi connectivity index (χ0v) is 13.7. The number of thiophene rings is 1. The van der Waals surface area contributed by atoms with Gasteiger partial charge in [-0.2, -0.15) is 0 Å². The number of aromatic nitrogens is 1. The maximum Gasteiger partial charge on any atom is 0.113 e.